The van der Waals surface area contributed by atoms with Crippen LogP contribution < -0.4 is 0 Å². The van der Waals surface area contributed by atoms with Gasteiger partial charge in [-0.3, -0.25) is 9.69 Å². The molecule has 0 radical (unpaired) electrons. The fraction of sp³-hybridized carbons (Fsp3) is 0.387. The number of rotatable bonds is 8. The van der Waals surface area contributed by atoms with E-state index in [1.54, 1.807) is 35.2 Å². The van der Waals surface area contributed by atoms with Gasteiger partial charge in [-0.15, -0.1) is 0 Å². The number of nitrogens with zero attached hydrogens (tertiary/aromatic N) is 2. The lowest BCUT2D eigenvalue weighted by Crippen LogP contribution is -2.39. The van der Waals surface area contributed by atoms with E-state index in [0.717, 1.165) is 18.2 Å². The molecule has 0 N–H and O–H groups in total. The van der Waals surface area contributed by atoms with Gasteiger partial charge in [0, 0.05) is 44.2 Å². The van der Waals surface area contributed by atoms with Crippen LogP contribution in [-0.2, 0) is 18.9 Å². The normalized spacial score (nSPS) is 18.3. The monoisotopic (exact) mass is 562 g/mol. The average molecular weight is 563 g/mol. The van der Waals surface area contributed by atoms with Crippen LogP contribution in [0.25, 0.3) is 0 Å². The predicted molar refractivity (Wildman–Crippen MR) is 142 cm³/mol. The van der Waals surface area contributed by atoms with Crippen LogP contribution in [0.3, 0.4) is 0 Å². The number of benzene rings is 3. The zero-order valence-corrected chi connectivity index (χ0v) is 22.3. The molecule has 9 heteroatoms. The lowest BCUT2D eigenvalue weighted by Gasteiger charge is -2.30. The Hall–Kier alpha value is -3.33. The summed E-state index contributed by atoms with van der Waals surface area (Å²) in [6.07, 6.45) is -8.92. The Morgan fingerprint density at radius 1 is 0.850 bits per heavy atom. The summed E-state index contributed by atoms with van der Waals surface area (Å²) >= 11 is 0. The zero-order chi connectivity index (χ0) is 29.1. The van der Waals surface area contributed by atoms with Crippen molar-refractivity contribution in [3.05, 3.63) is 107 Å². The van der Waals surface area contributed by atoms with Gasteiger partial charge in [0.2, 0.25) is 0 Å². The average Bonchev–Trinajstić information content (AvgIpc) is 3.29. The van der Waals surface area contributed by atoms with E-state index < -0.39 is 23.5 Å². The number of alkyl halides is 6. The minimum atomic E-state index is -4.49. The van der Waals surface area contributed by atoms with Gasteiger partial charge < -0.3 is 4.90 Å². The van der Waals surface area contributed by atoms with Crippen LogP contribution in [0.2, 0.25) is 0 Å². The van der Waals surface area contributed by atoms with Gasteiger partial charge in [-0.05, 0) is 53.3 Å². The Kier molecular flexibility index (Phi) is 8.93. The highest BCUT2D eigenvalue weighted by Gasteiger charge is 2.38. The van der Waals surface area contributed by atoms with Gasteiger partial charge in [0.15, 0.2) is 0 Å². The Morgan fingerprint density at radius 2 is 1.50 bits per heavy atom. The third-order valence-corrected chi connectivity index (χ3v) is 7.19. The molecule has 0 spiro atoms. The van der Waals surface area contributed by atoms with Crippen molar-refractivity contribution in [1.82, 2.24) is 9.80 Å². The van der Waals surface area contributed by atoms with Crippen LogP contribution in [0, 0.1) is 11.8 Å². The van der Waals surface area contributed by atoms with E-state index in [1.807, 2.05) is 24.8 Å². The fourth-order valence-corrected chi connectivity index (χ4v) is 5.38. The topological polar surface area (TPSA) is 23.6 Å². The van der Waals surface area contributed by atoms with Crippen LogP contribution in [0.5, 0.6) is 0 Å². The molecule has 1 aliphatic rings. The highest BCUT2D eigenvalue weighted by molar-refractivity contribution is 5.94. The first-order valence-electron chi connectivity index (χ1n) is 13.2. The Balaban J connectivity index is 1.62. The van der Waals surface area contributed by atoms with E-state index >= 15 is 0 Å². The molecule has 40 heavy (non-hydrogen) atoms. The molecule has 1 saturated heterocycles. The van der Waals surface area contributed by atoms with E-state index in [-0.39, 0.29) is 23.7 Å². The van der Waals surface area contributed by atoms with Crippen molar-refractivity contribution < 1.29 is 31.1 Å². The first kappa shape index (κ1) is 29.6. The molecule has 2 atom stereocenters. The van der Waals surface area contributed by atoms with Crippen LogP contribution in [0.1, 0.15) is 52.4 Å². The first-order valence-corrected chi connectivity index (χ1v) is 13.2. The number of carbonyl (C=O) groups is 1. The number of amides is 1. The Labute approximate surface area is 230 Å². The van der Waals surface area contributed by atoms with Gasteiger partial charge in [-0.1, -0.05) is 62.4 Å². The molecule has 1 aliphatic heterocycles. The summed E-state index contributed by atoms with van der Waals surface area (Å²) in [4.78, 5) is 17.3. The third-order valence-electron chi connectivity index (χ3n) is 7.19. The van der Waals surface area contributed by atoms with Gasteiger partial charge >= 0.3 is 12.4 Å². The summed E-state index contributed by atoms with van der Waals surface area (Å²) in [7, 11) is 0. The van der Waals surface area contributed by atoms with Crippen LogP contribution in [0.15, 0.2) is 78.9 Å². The van der Waals surface area contributed by atoms with Gasteiger partial charge in [0.25, 0.3) is 5.91 Å². The minimum absolute atomic E-state index is 0.140. The molecular formula is C31H32F6N2O. The lowest BCUT2D eigenvalue weighted by molar-refractivity contribution is -0.138. The second-order valence-corrected chi connectivity index (χ2v) is 10.8. The van der Waals surface area contributed by atoms with Crippen LogP contribution in [-0.4, -0.2) is 41.9 Å². The molecular weight excluding hydrogens is 530 g/mol. The van der Waals surface area contributed by atoms with Crippen molar-refractivity contribution in [2.45, 2.75) is 38.7 Å². The molecule has 1 heterocycles. The summed E-state index contributed by atoms with van der Waals surface area (Å²) in [6.45, 7) is 6.08. The highest BCUT2D eigenvalue weighted by atomic mass is 19.4. The number of hydrogen-bond acceptors (Lipinski definition) is 2. The van der Waals surface area contributed by atoms with Crippen molar-refractivity contribution >= 4 is 5.91 Å². The quantitative estimate of drug-likeness (QED) is 0.262. The maximum atomic E-state index is 13.5. The SMILES string of the molecule is CC(C)CN(C[C@H]1CN(Cc2ccc(C(F)(F)F)cc2)C[C@@H]1c1cccc(C(F)(F)F)c1)C(=O)c1ccccc1. The smallest absolute Gasteiger partial charge is 0.338 e. The van der Waals surface area contributed by atoms with E-state index in [9.17, 15) is 31.1 Å². The second kappa shape index (κ2) is 12.0. The summed E-state index contributed by atoms with van der Waals surface area (Å²) in [5.41, 5.74) is 0.283. The van der Waals surface area contributed by atoms with Crippen molar-refractivity contribution in [2.24, 2.45) is 11.8 Å². The standard InChI is InChI=1S/C31H32F6N2O/c1-21(2)16-39(29(40)23-7-4-3-5-8-23)19-25-18-38(17-22-11-13-26(14-12-22)30(32,33)34)20-28(25)24-9-6-10-27(15-24)31(35,36)37/h3-15,21,25,28H,16-20H2,1-2H3/t25-,28-/m1/s1. The lowest BCUT2D eigenvalue weighted by atomic mass is 9.87. The molecule has 214 valence electrons. The summed E-state index contributed by atoms with van der Waals surface area (Å²) in [5.74, 6) is -0.443. The Morgan fingerprint density at radius 3 is 2.10 bits per heavy atom. The maximum Gasteiger partial charge on any atom is 0.416 e. The molecule has 3 aromatic carbocycles. The molecule has 0 saturated carbocycles. The molecule has 0 bridgehead atoms. The van der Waals surface area contributed by atoms with E-state index in [4.69, 9.17) is 0 Å². The van der Waals surface area contributed by atoms with E-state index in [0.29, 0.717) is 49.4 Å². The summed E-state index contributed by atoms with van der Waals surface area (Å²) in [5, 5.41) is 0. The molecule has 1 fully saturated rings. The predicted octanol–water partition coefficient (Wildman–Crippen LogP) is 7.74. The molecule has 0 aromatic heterocycles. The zero-order valence-electron chi connectivity index (χ0n) is 22.3. The number of carbonyl (C=O) groups excluding carboxylic acids is 1. The summed E-state index contributed by atoms with van der Waals surface area (Å²) in [6, 6.07) is 19.1. The van der Waals surface area contributed by atoms with E-state index in [2.05, 4.69) is 0 Å². The molecule has 1 amide bonds. The Bertz CT molecular complexity index is 1270. The number of hydrogen-bond donors (Lipinski definition) is 0. The van der Waals surface area contributed by atoms with Gasteiger partial charge in [-0.2, -0.15) is 26.3 Å². The fourth-order valence-electron chi connectivity index (χ4n) is 5.38. The largest absolute Gasteiger partial charge is 0.416 e. The van der Waals surface area contributed by atoms with Gasteiger partial charge in [0.05, 0.1) is 11.1 Å². The van der Waals surface area contributed by atoms with Crippen LogP contribution >= 0.6 is 0 Å². The molecule has 3 aromatic rings. The van der Waals surface area contributed by atoms with Crippen molar-refractivity contribution in [2.75, 3.05) is 26.2 Å². The van der Waals surface area contributed by atoms with Gasteiger partial charge in [-0.25, -0.2) is 0 Å². The van der Waals surface area contributed by atoms with Crippen molar-refractivity contribution in [3.8, 4) is 0 Å². The first-order chi connectivity index (χ1) is 18.8. The third kappa shape index (κ3) is 7.44. The van der Waals surface area contributed by atoms with Crippen LogP contribution in [0.4, 0.5) is 26.3 Å². The second-order valence-electron chi connectivity index (χ2n) is 10.8. The molecule has 0 aliphatic carbocycles. The summed E-state index contributed by atoms with van der Waals surface area (Å²) < 4.78 is 79.6. The minimum Gasteiger partial charge on any atom is -0.338 e. The molecule has 0 unspecified atom stereocenters. The molecule has 3 nitrogen and oxygen atoms in total. The van der Waals surface area contributed by atoms with E-state index in [1.165, 1.54) is 24.3 Å². The van der Waals surface area contributed by atoms with Crippen molar-refractivity contribution in [3.63, 3.8) is 0 Å². The maximum absolute atomic E-state index is 13.5. The number of halogens is 6. The highest BCUT2D eigenvalue weighted by Crippen LogP contribution is 2.38. The van der Waals surface area contributed by atoms with Crippen molar-refractivity contribution in [1.29, 1.82) is 0 Å². The number of likely N-dealkylation sites (tertiary alicyclic amines) is 1. The molecule has 4 rings (SSSR count). The van der Waals surface area contributed by atoms with Gasteiger partial charge in [0.1, 0.15) is 0 Å².